The molecule has 11 N–H and O–H groups in total. The maximum absolute atomic E-state index is 14.2. The van der Waals surface area contributed by atoms with Gasteiger partial charge in [0.05, 0.1) is 65.7 Å². The van der Waals surface area contributed by atoms with Crippen LogP contribution < -0.4 is 26.4 Å². The molecule has 3 amide bonds. The fourth-order valence-corrected chi connectivity index (χ4v) is 11.7. The molecule has 1 saturated heterocycles. The van der Waals surface area contributed by atoms with E-state index in [1.807, 2.05) is 6.92 Å². The number of allylic oxidation sites excluding steroid dienone is 4. The number of carbonyl (C=O) groups excluding carboxylic acids is 8. The summed E-state index contributed by atoms with van der Waals surface area (Å²) in [5.74, 6) is -7.47. The van der Waals surface area contributed by atoms with Gasteiger partial charge in [0.1, 0.15) is 41.7 Å². The summed E-state index contributed by atoms with van der Waals surface area (Å²) >= 11 is 0. The van der Waals surface area contributed by atoms with Crippen molar-refractivity contribution in [2.24, 2.45) is 17.6 Å². The molecular weight excluding hydrogens is 1110 g/mol. The largest absolute Gasteiger partial charge is 0.507 e. The molecular formula is C61H76N4O20. The summed E-state index contributed by atoms with van der Waals surface area (Å²) in [5, 5.41) is 76.5. The Morgan fingerprint density at radius 2 is 1.61 bits per heavy atom. The number of ketones is 5. The van der Waals surface area contributed by atoms with Crippen LogP contribution in [0.2, 0.25) is 0 Å². The summed E-state index contributed by atoms with van der Waals surface area (Å²) in [6.45, 7) is 7.38. The standard InChI is InChI=1S/C61H76N4O20/c1-28-20-34-50(38(67)23-36(53(34)72)65-59(77)29(2)14-12-17-40(81-7)58(85-60(62)78)31(4)22-30(3)51(70)41(21-28)82-8)63-19-11-9-10-18-44(69)64-37-24-45(83-32(5)52(37)71)84-42-26-61(79,43(68)27-66)25-35-47(42)57(76)49-48(55(35)74)54(73)33-15-13-16-39(80-6)46(33)56(49)75/h12-17,22-23,28,30,32,37,40-42,45,51-52,58,63,66,70-71,74,76,79H,9-11,18-21,24-27H2,1-8H3,(H2,62,78)(H,64,69)(H,65,77)/t28-,30+,32-,37-,40+,41+,42-,45-,51+,52+,58+,61-/m1/s1. The maximum Gasteiger partial charge on any atom is 0.405 e. The van der Waals surface area contributed by atoms with Gasteiger partial charge in [-0.2, -0.15) is 0 Å². The van der Waals surface area contributed by atoms with E-state index in [1.54, 1.807) is 26.0 Å². The first-order valence-electron chi connectivity index (χ1n) is 28.1. The Balaban J connectivity index is 1.01. The van der Waals surface area contributed by atoms with Crippen LogP contribution in [0.1, 0.15) is 135 Å². The average Bonchev–Trinajstić information content (AvgIpc) is 0.974. The van der Waals surface area contributed by atoms with Gasteiger partial charge < -0.3 is 80.7 Å². The quantitative estimate of drug-likeness (QED) is 0.0426. The molecule has 24 nitrogen and oxygen atoms in total. The van der Waals surface area contributed by atoms with Crippen molar-refractivity contribution in [1.82, 2.24) is 16.0 Å². The van der Waals surface area contributed by atoms with Crippen LogP contribution in [0.15, 0.2) is 76.7 Å². The van der Waals surface area contributed by atoms with E-state index in [1.165, 1.54) is 65.5 Å². The van der Waals surface area contributed by atoms with Crippen LogP contribution in [0.4, 0.5) is 4.79 Å². The van der Waals surface area contributed by atoms with Crippen molar-refractivity contribution < 1.29 is 97.4 Å². The third kappa shape index (κ3) is 14.1. The van der Waals surface area contributed by atoms with Crippen LogP contribution in [0, 0.1) is 11.8 Å². The fourth-order valence-electron chi connectivity index (χ4n) is 11.7. The number of hydrogen-bond donors (Lipinski definition) is 10. The summed E-state index contributed by atoms with van der Waals surface area (Å²) in [5.41, 5.74) is 1.68. The van der Waals surface area contributed by atoms with E-state index in [9.17, 15) is 69.0 Å². The first-order valence-corrected chi connectivity index (χ1v) is 28.1. The van der Waals surface area contributed by atoms with Gasteiger partial charge in [-0.15, -0.1) is 0 Å². The molecule has 1 fully saturated rings. The molecule has 2 heterocycles. The molecule has 0 saturated carbocycles. The van der Waals surface area contributed by atoms with Crippen LogP contribution in [-0.4, -0.2) is 167 Å². The van der Waals surface area contributed by atoms with E-state index in [-0.39, 0.29) is 88.7 Å². The van der Waals surface area contributed by atoms with E-state index >= 15 is 0 Å². The molecule has 2 aromatic carbocycles. The smallest absolute Gasteiger partial charge is 0.405 e. The lowest BCUT2D eigenvalue weighted by molar-refractivity contribution is -0.249. The molecule has 5 aliphatic rings. The van der Waals surface area contributed by atoms with E-state index in [2.05, 4.69) is 16.0 Å². The summed E-state index contributed by atoms with van der Waals surface area (Å²) in [6.07, 6.45) is -2.58. The topological polar surface area (TPSA) is 375 Å². The number of methoxy groups -OCH3 is 3. The van der Waals surface area contributed by atoms with Gasteiger partial charge in [0.15, 0.2) is 24.0 Å². The van der Waals surface area contributed by atoms with Crippen molar-refractivity contribution in [3.63, 3.8) is 0 Å². The highest BCUT2D eigenvalue weighted by Gasteiger charge is 2.51. The van der Waals surface area contributed by atoms with Gasteiger partial charge in [0.2, 0.25) is 23.3 Å². The summed E-state index contributed by atoms with van der Waals surface area (Å²) in [7, 11) is 4.13. The number of nitrogens with one attached hydrogen (secondary N) is 3. The van der Waals surface area contributed by atoms with Gasteiger partial charge >= 0.3 is 6.09 Å². The molecule has 0 spiro atoms. The summed E-state index contributed by atoms with van der Waals surface area (Å²) < 4.78 is 34.4. The molecule has 2 bridgehead atoms. The predicted molar refractivity (Wildman–Crippen MR) is 302 cm³/mol. The zero-order valence-corrected chi connectivity index (χ0v) is 48.7. The van der Waals surface area contributed by atoms with Crippen molar-refractivity contribution in [3.8, 4) is 17.2 Å². The number of benzene rings is 2. The van der Waals surface area contributed by atoms with Gasteiger partial charge in [-0.1, -0.05) is 56.7 Å². The lowest BCUT2D eigenvalue weighted by Gasteiger charge is -2.43. The molecule has 24 heteroatoms. The number of fused-ring (bicyclic) bond motifs is 5. The monoisotopic (exact) mass is 1180 g/mol. The Morgan fingerprint density at radius 1 is 0.894 bits per heavy atom. The van der Waals surface area contributed by atoms with Gasteiger partial charge in [-0.25, -0.2) is 4.79 Å². The molecule has 0 unspecified atom stereocenters. The number of phenolic OH excluding ortho intramolecular Hbond substituents is 2. The van der Waals surface area contributed by atoms with Crippen molar-refractivity contribution >= 4 is 46.8 Å². The Hall–Kier alpha value is -7.42. The highest BCUT2D eigenvalue weighted by atomic mass is 16.7. The number of ether oxygens (including phenoxy) is 6. The Morgan fingerprint density at radius 3 is 2.28 bits per heavy atom. The Labute approximate surface area is 491 Å². The number of Topliss-reactive ketones (excluding diaryl/α,β-unsaturated/α-hetero) is 2. The van der Waals surface area contributed by atoms with Crippen LogP contribution in [0.25, 0.3) is 0 Å². The van der Waals surface area contributed by atoms with Crippen molar-refractivity contribution in [2.45, 2.75) is 153 Å². The van der Waals surface area contributed by atoms with E-state index in [0.29, 0.717) is 24.8 Å². The number of rotatable bonds is 16. The molecule has 0 aromatic heterocycles. The second-order valence-electron chi connectivity index (χ2n) is 22.3. The third-order valence-corrected chi connectivity index (χ3v) is 16.3. The van der Waals surface area contributed by atoms with Crippen LogP contribution in [0.5, 0.6) is 17.2 Å². The fraction of sp³-hybridized carbons (Fsp3) is 0.508. The van der Waals surface area contributed by atoms with Gasteiger partial charge in [0.25, 0.3) is 5.91 Å². The Bertz CT molecular complexity index is 3140. The number of aromatic hydroxyl groups is 2. The Kier molecular flexibility index (Phi) is 21.3. The number of aliphatic hydroxyl groups is 4. The number of primary amides is 1. The molecule has 12 atom stereocenters. The minimum atomic E-state index is -2.40. The first kappa shape index (κ1) is 65.1. The molecule has 2 aromatic rings. The van der Waals surface area contributed by atoms with Crippen LogP contribution in [-0.2, 0) is 54.1 Å². The van der Waals surface area contributed by atoms with Crippen molar-refractivity contribution in [3.05, 3.63) is 110 Å². The van der Waals surface area contributed by atoms with Gasteiger partial charge in [-0.3, -0.25) is 33.6 Å². The lowest BCUT2D eigenvalue weighted by Crippen LogP contribution is -2.55. The number of unbranched alkanes of at least 4 members (excludes halogenated alkanes) is 2. The molecule has 460 valence electrons. The minimum absolute atomic E-state index is 0.0112. The number of amides is 3. The van der Waals surface area contributed by atoms with Crippen LogP contribution >= 0.6 is 0 Å². The third-order valence-electron chi connectivity index (χ3n) is 16.3. The van der Waals surface area contributed by atoms with E-state index in [4.69, 9.17) is 34.2 Å². The normalized spacial score (nSPS) is 28.4. The first-order chi connectivity index (χ1) is 40.3. The van der Waals surface area contributed by atoms with Crippen molar-refractivity contribution in [2.75, 3.05) is 34.5 Å². The zero-order chi connectivity index (χ0) is 62.4. The summed E-state index contributed by atoms with van der Waals surface area (Å²) in [6, 6.07) is 3.28. The maximum atomic E-state index is 14.2. The molecule has 2 aliphatic heterocycles. The average molecular weight is 1190 g/mol. The number of phenols is 2. The number of nitrogens with two attached hydrogens (primary N) is 1. The molecule has 3 aliphatic carbocycles. The molecule has 85 heavy (non-hydrogen) atoms. The number of aliphatic hydroxyl groups excluding tert-OH is 3. The zero-order valence-electron chi connectivity index (χ0n) is 48.7. The second-order valence-corrected chi connectivity index (χ2v) is 22.3. The van der Waals surface area contributed by atoms with Crippen LogP contribution in [0.3, 0.4) is 0 Å². The summed E-state index contributed by atoms with van der Waals surface area (Å²) in [4.78, 5) is 108. The second kappa shape index (κ2) is 27.7. The van der Waals surface area contributed by atoms with E-state index in [0.717, 1.165) is 6.08 Å². The number of hydrogen-bond acceptors (Lipinski definition) is 21. The number of carbonyl (C=O) groups is 8. The molecule has 0 radical (unpaired) electrons. The van der Waals surface area contributed by atoms with Crippen molar-refractivity contribution in [1.29, 1.82) is 0 Å². The SMILES string of the molecule is COc1cccc2c1C(=O)c1c(O)c3c(c(O)c1C2=O)C[C@](O)(C(=O)CO)C[C@H]3O[C@@H]1C[C@@H](NC(=O)CCCCCNC2=C3C[C@@H](C)C[C@H](OC)[C@@H](O)[C@@H](C)C=C(C)[C@H](OC(N)=O)[C@@H](OC)C=CC=C(C)C(=O)NC(=CC2=O)C3=O)[C@@H](O)[C@@H](C)O1. The minimum Gasteiger partial charge on any atom is -0.507 e. The highest BCUT2D eigenvalue weighted by molar-refractivity contribution is 6.31. The highest BCUT2D eigenvalue weighted by Crippen LogP contribution is 2.53. The lowest BCUT2D eigenvalue weighted by atomic mass is 9.72. The van der Waals surface area contributed by atoms with Gasteiger partial charge in [-0.05, 0) is 64.0 Å². The van der Waals surface area contributed by atoms with E-state index < -0.39 is 155 Å². The molecule has 7 rings (SSSR count). The predicted octanol–water partition coefficient (Wildman–Crippen LogP) is 3.08. The van der Waals surface area contributed by atoms with Gasteiger partial charge in [0, 0.05) is 86.3 Å².